The van der Waals surface area contributed by atoms with E-state index in [1.54, 1.807) is 13.8 Å². The third kappa shape index (κ3) is 1.45. The van der Waals surface area contributed by atoms with E-state index in [1.807, 2.05) is 6.07 Å². The first-order chi connectivity index (χ1) is 6.09. The first kappa shape index (κ1) is 9.46. The number of hydrogen-bond donors (Lipinski definition) is 0. The van der Waals surface area contributed by atoms with E-state index in [4.69, 9.17) is 5.26 Å². The van der Waals surface area contributed by atoms with Crippen LogP contribution >= 0.6 is 0 Å². The molecule has 1 rings (SSSR count). The molecule has 1 aliphatic rings. The number of hydrogen-bond acceptors (Lipinski definition) is 3. The maximum absolute atomic E-state index is 11.4. The van der Waals surface area contributed by atoms with Crippen molar-refractivity contribution in [1.29, 1.82) is 5.26 Å². The van der Waals surface area contributed by atoms with Gasteiger partial charge in [0.2, 0.25) is 0 Å². The van der Waals surface area contributed by atoms with Crippen LogP contribution in [0.15, 0.2) is 11.1 Å². The molecule has 0 aromatic heterocycles. The fourth-order valence-corrected chi connectivity index (χ4v) is 1.18. The first-order valence-electron chi connectivity index (χ1n) is 4.00. The molecular formula is C9H10N2O2. The Bertz CT molecular complexity index is 312. The predicted octanol–water partition coefficient (Wildman–Crippen LogP) is 0.605. The van der Waals surface area contributed by atoms with Crippen LogP contribution in [-0.4, -0.2) is 23.3 Å². The van der Waals surface area contributed by atoms with Crippen LogP contribution in [0.4, 0.5) is 0 Å². The van der Waals surface area contributed by atoms with E-state index < -0.39 is 0 Å². The molecule has 0 saturated carbocycles. The van der Waals surface area contributed by atoms with Gasteiger partial charge in [-0.2, -0.15) is 5.26 Å². The Kier molecular flexibility index (Phi) is 2.47. The fourth-order valence-electron chi connectivity index (χ4n) is 1.18. The summed E-state index contributed by atoms with van der Waals surface area (Å²) in [6, 6.07) is 1.90. The summed E-state index contributed by atoms with van der Waals surface area (Å²) in [7, 11) is 0. The third-order valence-corrected chi connectivity index (χ3v) is 2.14. The molecule has 0 aliphatic carbocycles. The number of imide groups is 1. The van der Waals surface area contributed by atoms with Gasteiger partial charge in [-0.1, -0.05) is 0 Å². The van der Waals surface area contributed by atoms with E-state index in [-0.39, 0.29) is 24.8 Å². The van der Waals surface area contributed by atoms with Crippen LogP contribution in [0.1, 0.15) is 20.3 Å². The van der Waals surface area contributed by atoms with Crippen LogP contribution in [0, 0.1) is 11.3 Å². The minimum absolute atomic E-state index is 0.192. The summed E-state index contributed by atoms with van der Waals surface area (Å²) in [5.74, 6) is -0.532. The molecule has 0 atom stereocenters. The number of nitrogens with zero attached hydrogens (tertiary/aromatic N) is 2. The molecule has 0 aromatic rings. The van der Waals surface area contributed by atoms with E-state index in [0.717, 1.165) is 4.90 Å². The second-order valence-corrected chi connectivity index (χ2v) is 2.92. The minimum atomic E-state index is -0.266. The summed E-state index contributed by atoms with van der Waals surface area (Å²) in [5.41, 5.74) is 0.978. The Balaban J connectivity index is 2.80. The van der Waals surface area contributed by atoms with Crippen molar-refractivity contribution in [2.75, 3.05) is 6.54 Å². The maximum atomic E-state index is 11.4. The van der Waals surface area contributed by atoms with Crippen molar-refractivity contribution in [3.63, 3.8) is 0 Å². The van der Waals surface area contributed by atoms with E-state index in [1.165, 1.54) is 0 Å². The molecule has 1 heterocycles. The molecule has 13 heavy (non-hydrogen) atoms. The molecule has 2 amide bonds. The lowest BCUT2D eigenvalue weighted by Gasteiger charge is -2.11. The molecule has 0 fully saturated rings. The Morgan fingerprint density at radius 3 is 2.08 bits per heavy atom. The highest BCUT2D eigenvalue weighted by Crippen LogP contribution is 2.19. The SMILES string of the molecule is CC1=C(C)C(=O)N(CCC#N)C1=O. The smallest absolute Gasteiger partial charge is 0.256 e. The molecule has 0 aromatic carbocycles. The van der Waals surface area contributed by atoms with Gasteiger partial charge in [0.25, 0.3) is 11.8 Å². The van der Waals surface area contributed by atoms with Crippen LogP contribution in [0.2, 0.25) is 0 Å². The zero-order chi connectivity index (χ0) is 10.0. The lowest BCUT2D eigenvalue weighted by Crippen LogP contribution is -2.32. The number of rotatable bonds is 2. The summed E-state index contributed by atoms with van der Waals surface area (Å²) < 4.78 is 0. The maximum Gasteiger partial charge on any atom is 0.256 e. The molecule has 0 spiro atoms. The molecule has 68 valence electrons. The molecule has 1 aliphatic heterocycles. The topological polar surface area (TPSA) is 61.2 Å². The number of carbonyl (C=O) groups excluding carboxylic acids is 2. The Hall–Kier alpha value is -1.63. The van der Waals surface area contributed by atoms with Gasteiger partial charge in [-0.05, 0) is 13.8 Å². The Morgan fingerprint density at radius 2 is 1.69 bits per heavy atom. The predicted molar refractivity (Wildman–Crippen MR) is 45.3 cm³/mol. The molecule has 4 nitrogen and oxygen atoms in total. The van der Waals surface area contributed by atoms with Gasteiger partial charge in [0.05, 0.1) is 12.5 Å². The number of amides is 2. The largest absolute Gasteiger partial charge is 0.274 e. The van der Waals surface area contributed by atoms with E-state index >= 15 is 0 Å². The van der Waals surface area contributed by atoms with Gasteiger partial charge < -0.3 is 0 Å². The zero-order valence-electron chi connectivity index (χ0n) is 7.63. The Labute approximate surface area is 76.4 Å². The average molecular weight is 178 g/mol. The Morgan fingerprint density at radius 1 is 1.23 bits per heavy atom. The highest BCUT2D eigenvalue weighted by Gasteiger charge is 2.32. The molecule has 0 N–H and O–H groups in total. The van der Waals surface area contributed by atoms with Gasteiger partial charge in [-0.3, -0.25) is 14.5 Å². The van der Waals surface area contributed by atoms with Gasteiger partial charge in [0.1, 0.15) is 0 Å². The normalized spacial score (nSPS) is 16.8. The average Bonchev–Trinajstić information content (AvgIpc) is 2.30. The monoisotopic (exact) mass is 178 g/mol. The van der Waals surface area contributed by atoms with Crippen LogP contribution < -0.4 is 0 Å². The lowest BCUT2D eigenvalue weighted by atomic mass is 10.2. The summed E-state index contributed by atoms with van der Waals surface area (Å²) in [4.78, 5) is 23.9. The van der Waals surface area contributed by atoms with Crippen LogP contribution in [0.5, 0.6) is 0 Å². The van der Waals surface area contributed by atoms with E-state index in [0.29, 0.717) is 11.1 Å². The van der Waals surface area contributed by atoms with E-state index in [2.05, 4.69) is 0 Å². The summed E-state index contributed by atoms with van der Waals surface area (Å²) in [5, 5.41) is 8.32. The standard InChI is InChI=1S/C9H10N2O2/c1-6-7(2)9(13)11(8(6)12)5-3-4-10/h3,5H2,1-2H3. The second kappa shape index (κ2) is 3.40. The van der Waals surface area contributed by atoms with Gasteiger partial charge >= 0.3 is 0 Å². The molecule has 4 heteroatoms. The van der Waals surface area contributed by atoms with Crippen molar-refractivity contribution >= 4 is 11.8 Å². The highest BCUT2D eigenvalue weighted by molar-refractivity contribution is 6.18. The summed E-state index contributed by atoms with van der Waals surface area (Å²) in [6.07, 6.45) is 0.192. The number of nitriles is 1. The van der Waals surface area contributed by atoms with Crippen LogP contribution in [0.3, 0.4) is 0 Å². The van der Waals surface area contributed by atoms with Crippen LogP contribution in [-0.2, 0) is 9.59 Å². The van der Waals surface area contributed by atoms with E-state index in [9.17, 15) is 9.59 Å². The fraction of sp³-hybridized carbons (Fsp3) is 0.444. The highest BCUT2D eigenvalue weighted by atomic mass is 16.2. The molecule has 0 unspecified atom stereocenters. The summed E-state index contributed by atoms with van der Waals surface area (Å²) >= 11 is 0. The number of carbonyl (C=O) groups is 2. The minimum Gasteiger partial charge on any atom is -0.274 e. The quantitative estimate of drug-likeness (QED) is 0.582. The second-order valence-electron chi connectivity index (χ2n) is 2.92. The lowest BCUT2D eigenvalue weighted by molar-refractivity contribution is -0.137. The van der Waals surface area contributed by atoms with Crippen molar-refractivity contribution in [1.82, 2.24) is 4.90 Å². The zero-order valence-corrected chi connectivity index (χ0v) is 7.63. The van der Waals surface area contributed by atoms with Gasteiger partial charge in [0, 0.05) is 17.7 Å². The van der Waals surface area contributed by atoms with Crippen molar-refractivity contribution in [2.24, 2.45) is 0 Å². The third-order valence-electron chi connectivity index (χ3n) is 2.14. The molecule has 0 bridgehead atoms. The van der Waals surface area contributed by atoms with Gasteiger partial charge in [-0.15, -0.1) is 0 Å². The summed E-state index contributed by atoms with van der Waals surface area (Å²) in [6.45, 7) is 3.45. The molecule has 0 saturated heterocycles. The first-order valence-corrected chi connectivity index (χ1v) is 4.00. The molecule has 0 radical (unpaired) electrons. The van der Waals surface area contributed by atoms with Crippen molar-refractivity contribution < 1.29 is 9.59 Å². The van der Waals surface area contributed by atoms with Crippen molar-refractivity contribution in [3.8, 4) is 6.07 Å². The van der Waals surface area contributed by atoms with Gasteiger partial charge in [-0.25, -0.2) is 0 Å². The van der Waals surface area contributed by atoms with Crippen molar-refractivity contribution in [3.05, 3.63) is 11.1 Å². The van der Waals surface area contributed by atoms with Crippen LogP contribution in [0.25, 0.3) is 0 Å². The van der Waals surface area contributed by atoms with Crippen molar-refractivity contribution in [2.45, 2.75) is 20.3 Å². The molecular weight excluding hydrogens is 168 g/mol. The van der Waals surface area contributed by atoms with Gasteiger partial charge in [0.15, 0.2) is 0 Å².